The molecule has 0 bridgehead atoms. The summed E-state index contributed by atoms with van der Waals surface area (Å²) in [5, 5.41) is 11.7. The minimum absolute atomic E-state index is 0.795. The topological polar surface area (TPSA) is 55.9 Å². The Morgan fingerprint density at radius 1 is 1.38 bits per heavy atom. The number of hydrogen-bond acceptors (Lipinski definition) is 4. The van der Waals surface area contributed by atoms with Gasteiger partial charge >= 0.3 is 0 Å². The zero-order valence-electron chi connectivity index (χ0n) is 9.45. The van der Waals surface area contributed by atoms with E-state index in [1.165, 1.54) is 0 Å². The lowest BCUT2D eigenvalue weighted by molar-refractivity contribution is 0.500. The lowest BCUT2D eigenvalue weighted by Crippen LogP contribution is -2.28. The van der Waals surface area contributed by atoms with Crippen LogP contribution in [0.15, 0.2) is 10.5 Å². The summed E-state index contributed by atoms with van der Waals surface area (Å²) in [5.74, 6) is 3.75. The molecule has 2 aromatic heterocycles. The molecule has 0 atom stereocenters. The van der Waals surface area contributed by atoms with Gasteiger partial charge in [-0.3, -0.25) is 0 Å². The summed E-state index contributed by atoms with van der Waals surface area (Å²) in [4.78, 5) is 0. The van der Waals surface area contributed by atoms with Crippen molar-refractivity contribution in [3.8, 4) is 11.4 Å². The quantitative estimate of drug-likeness (QED) is 0.782. The van der Waals surface area contributed by atoms with Gasteiger partial charge in [0, 0.05) is 13.1 Å². The summed E-state index contributed by atoms with van der Waals surface area (Å²) >= 11 is 0. The second kappa shape index (κ2) is 3.45. The number of hydrogen-bond donors (Lipinski definition) is 1. The van der Waals surface area contributed by atoms with Crippen LogP contribution in [0, 0.1) is 13.8 Å². The van der Waals surface area contributed by atoms with E-state index < -0.39 is 0 Å². The highest BCUT2D eigenvalue weighted by Gasteiger charge is 2.19. The van der Waals surface area contributed by atoms with Crippen LogP contribution in [0.2, 0.25) is 0 Å². The number of aromatic nitrogens is 3. The van der Waals surface area contributed by atoms with E-state index in [1.807, 2.05) is 19.9 Å². The van der Waals surface area contributed by atoms with Crippen LogP contribution in [0.5, 0.6) is 0 Å². The molecule has 84 valence electrons. The van der Waals surface area contributed by atoms with Crippen molar-refractivity contribution in [2.75, 3.05) is 6.54 Å². The summed E-state index contributed by atoms with van der Waals surface area (Å²) < 4.78 is 7.69. The number of nitrogens with one attached hydrogen (secondary N) is 1. The Morgan fingerprint density at radius 2 is 2.25 bits per heavy atom. The van der Waals surface area contributed by atoms with Crippen LogP contribution >= 0.6 is 0 Å². The van der Waals surface area contributed by atoms with Crippen molar-refractivity contribution in [2.45, 2.75) is 26.9 Å². The van der Waals surface area contributed by atoms with Crippen LogP contribution in [0.4, 0.5) is 0 Å². The standard InChI is InChI=1S/C11H14N4O/c1-7-5-9(8(2)16-7)11-14-13-10-6-12-3-4-15(10)11/h5,12H,3-4,6H2,1-2H3. The average molecular weight is 218 g/mol. The first-order valence-electron chi connectivity index (χ1n) is 5.46. The van der Waals surface area contributed by atoms with Crippen molar-refractivity contribution in [3.05, 3.63) is 23.4 Å². The number of aryl methyl sites for hydroxylation is 2. The monoisotopic (exact) mass is 218 g/mol. The molecular formula is C11H14N4O. The van der Waals surface area contributed by atoms with Gasteiger partial charge in [-0.2, -0.15) is 0 Å². The number of furan rings is 1. The maximum Gasteiger partial charge on any atom is 0.167 e. The average Bonchev–Trinajstić information content (AvgIpc) is 2.81. The molecular weight excluding hydrogens is 204 g/mol. The molecule has 0 saturated heterocycles. The Kier molecular flexibility index (Phi) is 2.07. The summed E-state index contributed by atoms with van der Waals surface area (Å²) in [7, 11) is 0. The van der Waals surface area contributed by atoms with Crippen molar-refractivity contribution < 1.29 is 4.42 Å². The Balaban J connectivity index is 2.13. The first kappa shape index (κ1) is 9.59. The molecule has 0 fully saturated rings. The predicted octanol–water partition coefficient (Wildman–Crippen LogP) is 1.26. The molecule has 3 rings (SSSR count). The van der Waals surface area contributed by atoms with Gasteiger partial charge in [0.1, 0.15) is 17.3 Å². The smallest absolute Gasteiger partial charge is 0.167 e. The van der Waals surface area contributed by atoms with Crippen LogP contribution < -0.4 is 5.32 Å². The second-order valence-electron chi connectivity index (χ2n) is 4.10. The Labute approximate surface area is 93.5 Å². The highest BCUT2D eigenvalue weighted by molar-refractivity contribution is 5.58. The van der Waals surface area contributed by atoms with Gasteiger partial charge in [-0.1, -0.05) is 0 Å². The third kappa shape index (κ3) is 1.36. The lowest BCUT2D eigenvalue weighted by Gasteiger charge is -2.15. The van der Waals surface area contributed by atoms with E-state index in [4.69, 9.17) is 4.42 Å². The molecule has 0 aliphatic carbocycles. The first-order chi connectivity index (χ1) is 7.75. The molecule has 5 nitrogen and oxygen atoms in total. The van der Waals surface area contributed by atoms with E-state index in [2.05, 4.69) is 20.1 Å². The molecule has 1 aliphatic rings. The van der Waals surface area contributed by atoms with Gasteiger partial charge < -0.3 is 14.3 Å². The zero-order valence-corrected chi connectivity index (χ0v) is 9.45. The Morgan fingerprint density at radius 3 is 3.00 bits per heavy atom. The van der Waals surface area contributed by atoms with E-state index in [9.17, 15) is 0 Å². The maximum atomic E-state index is 5.53. The molecule has 0 amide bonds. The SMILES string of the molecule is Cc1cc(-c2nnc3n2CCNC3)c(C)o1. The van der Waals surface area contributed by atoms with Gasteiger partial charge in [-0.05, 0) is 19.9 Å². The summed E-state index contributed by atoms with van der Waals surface area (Å²) in [6, 6.07) is 2.02. The van der Waals surface area contributed by atoms with Crippen LogP contribution in [0.3, 0.4) is 0 Å². The second-order valence-corrected chi connectivity index (χ2v) is 4.10. The number of nitrogens with zero attached hydrogens (tertiary/aromatic N) is 3. The molecule has 0 unspecified atom stereocenters. The third-order valence-electron chi connectivity index (χ3n) is 2.90. The largest absolute Gasteiger partial charge is 0.466 e. The summed E-state index contributed by atoms with van der Waals surface area (Å²) in [5.41, 5.74) is 1.05. The third-order valence-corrected chi connectivity index (χ3v) is 2.90. The fourth-order valence-corrected chi connectivity index (χ4v) is 2.14. The fourth-order valence-electron chi connectivity index (χ4n) is 2.14. The Bertz CT molecular complexity index is 526. The van der Waals surface area contributed by atoms with Crippen molar-refractivity contribution in [1.29, 1.82) is 0 Å². The van der Waals surface area contributed by atoms with Crippen LogP contribution in [0.25, 0.3) is 11.4 Å². The molecule has 0 saturated carbocycles. The van der Waals surface area contributed by atoms with Gasteiger partial charge in [0.25, 0.3) is 0 Å². The first-order valence-corrected chi connectivity index (χ1v) is 5.46. The van der Waals surface area contributed by atoms with Crippen molar-refractivity contribution in [2.24, 2.45) is 0 Å². The van der Waals surface area contributed by atoms with Crippen LogP contribution in [-0.2, 0) is 13.1 Å². The summed E-state index contributed by atoms with van der Waals surface area (Å²) in [6.07, 6.45) is 0. The van der Waals surface area contributed by atoms with Gasteiger partial charge in [-0.15, -0.1) is 10.2 Å². The molecule has 0 radical (unpaired) electrons. The molecule has 0 aromatic carbocycles. The van der Waals surface area contributed by atoms with Crippen molar-refractivity contribution in [1.82, 2.24) is 20.1 Å². The predicted molar refractivity (Wildman–Crippen MR) is 58.9 cm³/mol. The molecule has 0 spiro atoms. The minimum Gasteiger partial charge on any atom is -0.466 e. The van der Waals surface area contributed by atoms with E-state index in [0.717, 1.165) is 48.4 Å². The lowest BCUT2D eigenvalue weighted by atomic mass is 10.2. The fraction of sp³-hybridized carbons (Fsp3) is 0.455. The number of fused-ring (bicyclic) bond motifs is 1. The Hall–Kier alpha value is -1.62. The molecule has 3 heterocycles. The molecule has 1 N–H and O–H groups in total. The van der Waals surface area contributed by atoms with Crippen molar-refractivity contribution >= 4 is 0 Å². The van der Waals surface area contributed by atoms with E-state index >= 15 is 0 Å². The molecule has 5 heteroatoms. The van der Waals surface area contributed by atoms with Crippen LogP contribution in [-0.4, -0.2) is 21.3 Å². The highest BCUT2D eigenvalue weighted by atomic mass is 16.3. The van der Waals surface area contributed by atoms with E-state index in [1.54, 1.807) is 0 Å². The number of rotatable bonds is 1. The zero-order chi connectivity index (χ0) is 11.1. The van der Waals surface area contributed by atoms with Gasteiger partial charge in [0.05, 0.1) is 12.1 Å². The molecule has 1 aliphatic heterocycles. The summed E-state index contributed by atoms with van der Waals surface area (Å²) in [6.45, 7) is 6.59. The molecule has 2 aromatic rings. The van der Waals surface area contributed by atoms with Gasteiger partial charge in [-0.25, -0.2) is 0 Å². The van der Waals surface area contributed by atoms with Crippen molar-refractivity contribution in [3.63, 3.8) is 0 Å². The highest BCUT2D eigenvalue weighted by Crippen LogP contribution is 2.26. The van der Waals surface area contributed by atoms with E-state index in [0.29, 0.717) is 0 Å². The van der Waals surface area contributed by atoms with Crippen LogP contribution in [0.1, 0.15) is 17.3 Å². The van der Waals surface area contributed by atoms with E-state index in [-0.39, 0.29) is 0 Å². The normalized spacial score (nSPS) is 15.1. The minimum atomic E-state index is 0.795. The van der Waals surface area contributed by atoms with Gasteiger partial charge in [0.2, 0.25) is 0 Å². The maximum absolute atomic E-state index is 5.53. The molecule has 16 heavy (non-hydrogen) atoms. The van der Waals surface area contributed by atoms with Gasteiger partial charge in [0.15, 0.2) is 5.82 Å².